The van der Waals surface area contributed by atoms with Gasteiger partial charge in [-0.15, -0.1) is 0 Å². The van der Waals surface area contributed by atoms with Crippen molar-refractivity contribution < 1.29 is 18.7 Å². The number of para-hydroxylation sites is 1. The summed E-state index contributed by atoms with van der Waals surface area (Å²) in [5.41, 5.74) is 2.43. The first-order valence-electron chi connectivity index (χ1n) is 11.2. The van der Waals surface area contributed by atoms with E-state index < -0.39 is 17.4 Å². The molecule has 176 valence electrons. The molecule has 0 saturated carbocycles. The number of nitrogens with zero attached hydrogens (tertiary/aromatic N) is 1. The molecule has 1 heterocycles. The van der Waals surface area contributed by atoms with E-state index in [1.54, 1.807) is 48.5 Å². The third-order valence-corrected chi connectivity index (χ3v) is 5.35. The van der Waals surface area contributed by atoms with Gasteiger partial charge in [0.15, 0.2) is 11.5 Å². The maximum absolute atomic E-state index is 12.4. The summed E-state index contributed by atoms with van der Waals surface area (Å²) in [7, 11) is 0. The van der Waals surface area contributed by atoms with Gasteiger partial charge in [-0.3, -0.25) is 15.0 Å². The third kappa shape index (κ3) is 6.29. The van der Waals surface area contributed by atoms with Crippen LogP contribution in [0, 0.1) is 12.3 Å². The number of ketones is 1. The van der Waals surface area contributed by atoms with Gasteiger partial charge < -0.3 is 14.5 Å². The maximum atomic E-state index is 12.4. The number of Topliss-reactive ketones (excluding diaryl/α,β-unsaturated/α-hetero) is 1. The molecule has 0 aliphatic rings. The summed E-state index contributed by atoms with van der Waals surface area (Å²) in [5, 5.41) is 10.4. The van der Waals surface area contributed by atoms with Crippen LogP contribution in [-0.4, -0.2) is 29.0 Å². The molecule has 2 N–H and O–H groups in total. The number of benzene rings is 3. The number of amides is 1. The molecular formula is C28H25N3O4. The van der Waals surface area contributed by atoms with Gasteiger partial charge >= 0.3 is 0 Å². The molecule has 0 radical (unpaired) electrons. The average Bonchev–Trinajstić information content (AvgIpc) is 3.26. The Kier molecular flexibility index (Phi) is 7.47. The van der Waals surface area contributed by atoms with Gasteiger partial charge in [0, 0.05) is 24.1 Å². The zero-order valence-electron chi connectivity index (χ0n) is 19.3. The van der Waals surface area contributed by atoms with Crippen LogP contribution in [0.4, 0.5) is 5.69 Å². The summed E-state index contributed by atoms with van der Waals surface area (Å²) in [6.45, 7) is 2.31. The van der Waals surface area contributed by atoms with Crippen LogP contribution in [0.1, 0.15) is 17.0 Å². The number of carbonyl (C=O) groups excluding carboxylic acids is 2. The number of ether oxygens (including phenoxy) is 1. The Morgan fingerprint density at radius 2 is 1.60 bits per heavy atom. The number of hydrogen-bond donors (Lipinski definition) is 2. The molecule has 0 spiro atoms. The second kappa shape index (κ2) is 11.1. The lowest BCUT2D eigenvalue weighted by atomic mass is 10.1. The first-order valence-corrected chi connectivity index (χ1v) is 11.2. The van der Waals surface area contributed by atoms with Gasteiger partial charge in [0.25, 0.3) is 5.91 Å². The largest absolute Gasteiger partial charge is 0.493 e. The van der Waals surface area contributed by atoms with Gasteiger partial charge in [0.1, 0.15) is 11.5 Å². The van der Waals surface area contributed by atoms with Crippen LogP contribution in [0.5, 0.6) is 5.75 Å². The predicted octanol–water partition coefficient (Wildman–Crippen LogP) is 5.04. The summed E-state index contributed by atoms with van der Waals surface area (Å²) in [6.07, 6.45) is 0.553. The minimum Gasteiger partial charge on any atom is -0.493 e. The van der Waals surface area contributed by atoms with Crippen molar-refractivity contribution in [1.82, 2.24) is 4.98 Å². The van der Waals surface area contributed by atoms with E-state index in [-0.39, 0.29) is 6.42 Å². The second-order valence-corrected chi connectivity index (χ2v) is 7.93. The molecule has 7 heteroatoms. The molecule has 0 fully saturated rings. The molecule has 1 amide bonds. The molecule has 35 heavy (non-hydrogen) atoms. The Hall–Kier alpha value is -4.52. The van der Waals surface area contributed by atoms with Crippen LogP contribution in [0.3, 0.4) is 0 Å². The summed E-state index contributed by atoms with van der Waals surface area (Å²) in [4.78, 5) is 29.1. The molecule has 0 saturated heterocycles. The third-order valence-electron chi connectivity index (χ3n) is 5.35. The minimum absolute atomic E-state index is 0.0400. The minimum atomic E-state index is -0.722. The number of oxazole rings is 1. The molecular weight excluding hydrogens is 442 g/mol. The van der Waals surface area contributed by atoms with E-state index in [9.17, 15) is 9.59 Å². The lowest BCUT2D eigenvalue weighted by molar-refractivity contribution is -0.115. The van der Waals surface area contributed by atoms with Crippen molar-refractivity contribution in [2.75, 3.05) is 11.9 Å². The van der Waals surface area contributed by atoms with Gasteiger partial charge in [0.05, 0.1) is 12.3 Å². The van der Waals surface area contributed by atoms with Crippen molar-refractivity contribution in [3.8, 4) is 17.2 Å². The highest BCUT2D eigenvalue weighted by Gasteiger charge is 2.19. The smallest absolute Gasteiger partial charge is 0.277 e. The quantitative estimate of drug-likeness (QED) is 0.251. The molecule has 4 aromatic rings. The maximum Gasteiger partial charge on any atom is 0.277 e. The van der Waals surface area contributed by atoms with Crippen molar-refractivity contribution in [2.24, 2.45) is 0 Å². The predicted molar refractivity (Wildman–Crippen MR) is 134 cm³/mol. The van der Waals surface area contributed by atoms with Crippen LogP contribution in [0.15, 0.2) is 89.3 Å². The Morgan fingerprint density at radius 1 is 0.943 bits per heavy atom. The van der Waals surface area contributed by atoms with E-state index in [1.807, 2.05) is 43.3 Å². The van der Waals surface area contributed by atoms with Crippen LogP contribution in [0.25, 0.3) is 11.5 Å². The van der Waals surface area contributed by atoms with Crippen LogP contribution >= 0.6 is 0 Å². The van der Waals surface area contributed by atoms with Gasteiger partial charge in [-0.1, -0.05) is 48.5 Å². The molecule has 4 rings (SSSR count). The Bertz CT molecular complexity index is 1310. The van der Waals surface area contributed by atoms with Crippen LogP contribution < -0.4 is 10.1 Å². The number of hydrogen-bond acceptors (Lipinski definition) is 6. The fraction of sp³-hybridized carbons (Fsp3) is 0.143. The first-order chi connectivity index (χ1) is 17.0. The number of rotatable bonds is 10. The Labute approximate surface area is 203 Å². The number of aryl methyl sites for hydroxylation is 1. The highest BCUT2D eigenvalue weighted by Crippen LogP contribution is 2.22. The lowest BCUT2D eigenvalue weighted by Crippen LogP contribution is -2.30. The van der Waals surface area contributed by atoms with Gasteiger partial charge in [0.2, 0.25) is 5.89 Å². The normalized spacial score (nSPS) is 10.5. The zero-order chi connectivity index (χ0) is 24.6. The second-order valence-electron chi connectivity index (χ2n) is 7.93. The van der Waals surface area contributed by atoms with Crippen LogP contribution in [-0.2, 0) is 22.4 Å². The van der Waals surface area contributed by atoms with Crippen molar-refractivity contribution in [2.45, 2.75) is 19.8 Å². The van der Waals surface area contributed by atoms with Crippen molar-refractivity contribution in [3.63, 3.8) is 0 Å². The topological polar surface area (TPSA) is 105 Å². The van der Waals surface area contributed by atoms with Gasteiger partial charge in [-0.25, -0.2) is 4.98 Å². The Morgan fingerprint density at radius 3 is 2.29 bits per heavy atom. The van der Waals surface area contributed by atoms with Gasteiger partial charge in [-0.2, -0.15) is 0 Å². The number of nitrogens with one attached hydrogen (secondary N) is 2. The highest BCUT2D eigenvalue weighted by atomic mass is 16.5. The fourth-order valence-corrected chi connectivity index (χ4v) is 3.45. The standard InChI is InChI=1S/C28H25N3O4/c1-19-24(31-28(35-19)21-8-4-2-5-9-21)16-17-34-23-14-12-20(13-15-23)18-25(32)26(29)27(33)30-22-10-6-3-7-11-22/h2-15,29H,16-18H2,1H3,(H,30,33). The number of anilines is 1. The molecule has 3 aromatic carbocycles. The number of aromatic nitrogens is 1. The van der Waals surface area contributed by atoms with E-state index in [2.05, 4.69) is 10.3 Å². The van der Waals surface area contributed by atoms with Crippen molar-refractivity contribution >= 4 is 23.1 Å². The van der Waals surface area contributed by atoms with Crippen molar-refractivity contribution in [3.05, 3.63) is 102 Å². The SMILES string of the molecule is Cc1oc(-c2ccccc2)nc1CCOc1ccc(CC(=O)C(=N)C(=O)Nc2ccccc2)cc1. The van der Waals surface area contributed by atoms with Crippen molar-refractivity contribution in [1.29, 1.82) is 5.41 Å². The molecule has 0 unspecified atom stereocenters. The molecule has 1 aromatic heterocycles. The summed E-state index contributed by atoms with van der Waals surface area (Å²) in [5.74, 6) is 0.736. The molecule has 0 aliphatic heterocycles. The van der Waals surface area contributed by atoms with Gasteiger partial charge in [-0.05, 0) is 48.9 Å². The fourth-order valence-electron chi connectivity index (χ4n) is 3.45. The summed E-state index contributed by atoms with van der Waals surface area (Å²) in [6, 6.07) is 25.5. The molecule has 0 atom stereocenters. The number of carbonyl (C=O) groups is 2. The zero-order valence-corrected chi connectivity index (χ0v) is 19.3. The molecule has 0 bridgehead atoms. The monoisotopic (exact) mass is 467 g/mol. The van der Waals surface area contributed by atoms with E-state index in [1.165, 1.54) is 0 Å². The van der Waals surface area contributed by atoms with E-state index in [0.717, 1.165) is 17.0 Å². The summed E-state index contributed by atoms with van der Waals surface area (Å²) < 4.78 is 11.6. The van der Waals surface area contributed by atoms with E-state index in [4.69, 9.17) is 14.6 Å². The highest BCUT2D eigenvalue weighted by molar-refractivity contribution is 6.66. The molecule has 0 aliphatic carbocycles. The van der Waals surface area contributed by atoms with E-state index >= 15 is 0 Å². The lowest BCUT2D eigenvalue weighted by Gasteiger charge is -2.08. The first kappa shape index (κ1) is 23.6. The molecule has 7 nitrogen and oxygen atoms in total. The average molecular weight is 468 g/mol. The summed E-state index contributed by atoms with van der Waals surface area (Å²) >= 11 is 0. The van der Waals surface area contributed by atoms with Crippen LogP contribution in [0.2, 0.25) is 0 Å². The van der Waals surface area contributed by atoms with E-state index in [0.29, 0.717) is 35.9 Å². The Balaban J connectivity index is 1.26.